The first-order chi connectivity index (χ1) is 12.1. The molecule has 0 aromatic heterocycles. The van der Waals surface area contributed by atoms with E-state index in [2.05, 4.69) is 0 Å². The molecule has 2 aromatic carbocycles. The fourth-order valence-corrected chi connectivity index (χ4v) is 3.35. The molecule has 0 unspecified atom stereocenters. The molecule has 0 aliphatic heterocycles. The monoisotopic (exact) mass is 354 g/mol. The number of ketones is 4. The number of Topliss-reactive ketones (excluding diaryl/α,β-unsaturated/α-hetero) is 4. The summed E-state index contributed by atoms with van der Waals surface area (Å²) in [5.74, 6) is -11.4. The van der Waals surface area contributed by atoms with E-state index >= 15 is 0 Å². The molecule has 26 heavy (non-hydrogen) atoms. The van der Waals surface area contributed by atoms with Crippen molar-refractivity contribution in [1.82, 2.24) is 0 Å². The quantitative estimate of drug-likeness (QED) is 0.394. The van der Waals surface area contributed by atoms with Gasteiger partial charge in [-0.3, -0.25) is 19.2 Å². The van der Waals surface area contributed by atoms with Crippen LogP contribution in [0, 0.1) is 0 Å². The molecule has 8 nitrogen and oxygen atoms in total. The minimum absolute atomic E-state index is 0.00141. The second-order valence-corrected chi connectivity index (χ2v) is 6.12. The molecule has 2 aromatic rings. The first kappa shape index (κ1) is 16.4. The van der Waals surface area contributed by atoms with Crippen LogP contribution in [0.1, 0.15) is 41.4 Å². The number of hydrogen-bond donors (Lipinski definition) is 4. The number of aliphatic hydroxyl groups is 4. The van der Waals surface area contributed by atoms with Crippen molar-refractivity contribution in [2.75, 3.05) is 0 Å². The highest BCUT2D eigenvalue weighted by Crippen LogP contribution is 2.41. The van der Waals surface area contributed by atoms with Crippen LogP contribution in [0.15, 0.2) is 36.4 Å². The SMILES string of the molecule is O=C1c2cccc(-c3cccc4c3C(=O)C(O)(O)C4=O)c2C(=O)C1(O)O. The van der Waals surface area contributed by atoms with Gasteiger partial charge in [-0.05, 0) is 11.1 Å². The van der Waals surface area contributed by atoms with E-state index in [0.29, 0.717) is 0 Å². The fourth-order valence-electron chi connectivity index (χ4n) is 3.35. The predicted molar refractivity (Wildman–Crippen MR) is 83.5 cm³/mol. The van der Waals surface area contributed by atoms with Gasteiger partial charge in [-0.2, -0.15) is 0 Å². The van der Waals surface area contributed by atoms with Gasteiger partial charge in [-0.25, -0.2) is 0 Å². The minimum Gasteiger partial charge on any atom is -0.353 e. The summed E-state index contributed by atoms with van der Waals surface area (Å²) in [4.78, 5) is 48.7. The Morgan fingerprint density at radius 2 is 0.808 bits per heavy atom. The third-order valence-electron chi connectivity index (χ3n) is 4.63. The smallest absolute Gasteiger partial charge is 0.295 e. The summed E-state index contributed by atoms with van der Waals surface area (Å²) in [6, 6.07) is 7.90. The van der Waals surface area contributed by atoms with Crippen LogP contribution in [0.4, 0.5) is 0 Å². The third kappa shape index (κ3) is 1.76. The number of rotatable bonds is 1. The highest BCUT2D eigenvalue weighted by atomic mass is 16.5. The first-order valence-corrected chi connectivity index (χ1v) is 7.45. The minimum atomic E-state index is -3.21. The Balaban J connectivity index is 2.04. The van der Waals surface area contributed by atoms with E-state index in [9.17, 15) is 39.6 Å². The van der Waals surface area contributed by atoms with Gasteiger partial charge in [0.15, 0.2) is 0 Å². The molecule has 0 atom stereocenters. The average molecular weight is 354 g/mol. The molecule has 0 heterocycles. The van der Waals surface area contributed by atoms with E-state index in [1.165, 1.54) is 36.4 Å². The maximum atomic E-state index is 12.3. The van der Waals surface area contributed by atoms with Crippen molar-refractivity contribution in [3.63, 3.8) is 0 Å². The van der Waals surface area contributed by atoms with Crippen molar-refractivity contribution >= 4 is 23.1 Å². The lowest BCUT2D eigenvalue weighted by Crippen LogP contribution is -2.40. The Hall–Kier alpha value is -3.04. The summed E-state index contributed by atoms with van der Waals surface area (Å²) in [7, 11) is 0. The Morgan fingerprint density at radius 3 is 1.15 bits per heavy atom. The molecule has 4 rings (SSSR count). The van der Waals surface area contributed by atoms with Crippen LogP contribution < -0.4 is 0 Å². The van der Waals surface area contributed by atoms with E-state index in [4.69, 9.17) is 0 Å². The van der Waals surface area contributed by atoms with Crippen LogP contribution in [0.25, 0.3) is 11.1 Å². The standard InChI is InChI=1S/C18H10O8/c19-13-9-5-1-3-7(11(9)15(21)17(13,23)24)8-4-2-6-10-12(8)16(22)18(25,26)14(10)20/h1-6,23-26H. The Kier molecular flexibility index (Phi) is 3.02. The van der Waals surface area contributed by atoms with Gasteiger partial charge in [0.25, 0.3) is 11.6 Å². The highest BCUT2D eigenvalue weighted by molar-refractivity contribution is 6.35. The zero-order chi connectivity index (χ0) is 19.0. The maximum Gasteiger partial charge on any atom is 0.295 e. The molecular formula is C18H10O8. The van der Waals surface area contributed by atoms with Gasteiger partial charge in [-0.15, -0.1) is 0 Å². The average Bonchev–Trinajstić information content (AvgIpc) is 2.91. The molecular weight excluding hydrogens is 344 g/mol. The third-order valence-corrected chi connectivity index (χ3v) is 4.63. The molecule has 0 fully saturated rings. The molecule has 4 N–H and O–H groups in total. The van der Waals surface area contributed by atoms with Crippen LogP contribution in [-0.4, -0.2) is 55.1 Å². The normalized spacial score (nSPS) is 19.7. The van der Waals surface area contributed by atoms with Crippen LogP contribution in [0.3, 0.4) is 0 Å². The lowest BCUT2D eigenvalue weighted by Gasteiger charge is -2.12. The molecule has 0 bridgehead atoms. The van der Waals surface area contributed by atoms with Crippen molar-refractivity contribution in [2.45, 2.75) is 11.6 Å². The van der Waals surface area contributed by atoms with Gasteiger partial charge < -0.3 is 20.4 Å². The topological polar surface area (TPSA) is 149 Å². The summed E-state index contributed by atoms with van der Waals surface area (Å²) in [5.41, 5.74) is -1.12. The summed E-state index contributed by atoms with van der Waals surface area (Å²) >= 11 is 0. The van der Waals surface area contributed by atoms with Crippen molar-refractivity contribution in [3.8, 4) is 11.1 Å². The van der Waals surface area contributed by atoms with Crippen LogP contribution in [0.5, 0.6) is 0 Å². The molecule has 0 radical (unpaired) electrons. The molecule has 2 aliphatic carbocycles. The fraction of sp³-hybridized carbons (Fsp3) is 0.111. The van der Waals surface area contributed by atoms with Crippen LogP contribution >= 0.6 is 0 Å². The summed E-state index contributed by atoms with van der Waals surface area (Å²) in [6.07, 6.45) is 0. The zero-order valence-corrected chi connectivity index (χ0v) is 12.9. The van der Waals surface area contributed by atoms with Crippen molar-refractivity contribution in [1.29, 1.82) is 0 Å². The van der Waals surface area contributed by atoms with Gasteiger partial charge in [0.2, 0.25) is 23.1 Å². The van der Waals surface area contributed by atoms with E-state index < -0.39 is 34.7 Å². The van der Waals surface area contributed by atoms with E-state index in [-0.39, 0.29) is 33.4 Å². The molecule has 0 saturated heterocycles. The lowest BCUT2D eigenvalue weighted by molar-refractivity contribution is -0.0857. The van der Waals surface area contributed by atoms with E-state index in [1.807, 2.05) is 0 Å². The van der Waals surface area contributed by atoms with Crippen molar-refractivity contribution in [2.24, 2.45) is 0 Å². The number of benzene rings is 2. The van der Waals surface area contributed by atoms with E-state index in [1.54, 1.807) is 0 Å². The van der Waals surface area contributed by atoms with Crippen molar-refractivity contribution < 1.29 is 39.6 Å². The van der Waals surface area contributed by atoms with Gasteiger partial charge in [0.1, 0.15) is 0 Å². The molecule has 0 saturated carbocycles. The van der Waals surface area contributed by atoms with Crippen LogP contribution in [-0.2, 0) is 0 Å². The van der Waals surface area contributed by atoms with Crippen LogP contribution in [0.2, 0.25) is 0 Å². The lowest BCUT2D eigenvalue weighted by atomic mass is 9.91. The second kappa shape index (κ2) is 4.77. The Bertz CT molecular complexity index is 975. The molecule has 0 spiro atoms. The predicted octanol–water partition coefficient (Wildman–Crippen LogP) is -0.527. The second-order valence-electron chi connectivity index (χ2n) is 6.12. The molecule has 130 valence electrons. The molecule has 0 amide bonds. The highest BCUT2D eigenvalue weighted by Gasteiger charge is 2.54. The number of hydrogen-bond acceptors (Lipinski definition) is 8. The summed E-state index contributed by atoms with van der Waals surface area (Å²) < 4.78 is 0. The number of carbonyl (C=O) groups is 4. The van der Waals surface area contributed by atoms with Gasteiger partial charge in [-0.1, -0.05) is 36.4 Å². The number of carbonyl (C=O) groups excluding carboxylic acids is 4. The summed E-state index contributed by atoms with van der Waals surface area (Å²) in [6.45, 7) is 0. The van der Waals surface area contributed by atoms with Gasteiger partial charge >= 0.3 is 0 Å². The first-order valence-electron chi connectivity index (χ1n) is 7.45. The summed E-state index contributed by atoms with van der Waals surface area (Å²) in [5, 5.41) is 39.0. The number of fused-ring (bicyclic) bond motifs is 2. The van der Waals surface area contributed by atoms with Gasteiger partial charge in [0, 0.05) is 22.3 Å². The largest absolute Gasteiger partial charge is 0.353 e. The Morgan fingerprint density at radius 1 is 0.500 bits per heavy atom. The van der Waals surface area contributed by atoms with Crippen molar-refractivity contribution in [3.05, 3.63) is 58.7 Å². The van der Waals surface area contributed by atoms with E-state index in [0.717, 1.165) is 0 Å². The molecule has 2 aliphatic rings. The zero-order valence-electron chi connectivity index (χ0n) is 12.9. The maximum absolute atomic E-state index is 12.3. The van der Waals surface area contributed by atoms with Gasteiger partial charge in [0.05, 0.1) is 0 Å². The molecule has 8 heteroatoms. The Labute approximate surface area is 144 Å².